The Hall–Kier alpha value is -1.84. The Morgan fingerprint density at radius 2 is 2.37 bits per heavy atom. The average Bonchev–Trinajstić information content (AvgIpc) is 2.87. The maximum atomic E-state index is 13.4. The largest absolute Gasteiger partial charge is 0.464 e. The first-order chi connectivity index (χ1) is 9.20. The second kappa shape index (κ2) is 4.68. The van der Waals surface area contributed by atoms with Crippen molar-refractivity contribution in [2.24, 2.45) is 5.92 Å². The van der Waals surface area contributed by atoms with Gasteiger partial charge in [-0.25, -0.2) is 9.18 Å². The van der Waals surface area contributed by atoms with E-state index in [4.69, 9.17) is 4.74 Å². The highest BCUT2D eigenvalue weighted by Crippen LogP contribution is 2.44. The quantitative estimate of drug-likeness (QED) is 0.657. The van der Waals surface area contributed by atoms with Crippen LogP contribution in [0.1, 0.15) is 24.8 Å². The molecule has 3 atom stereocenters. The predicted octanol–water partition coefficient (Wildman–Crippen LogP) is 2.84. The van der Waals surface area contributed by atoms with Crippen LogP contribution in [0.15, 0.2) is 30.4 Å². The third-order valence-corrected chi connectivity index (χ3v) is 3.87. The van der Waals surface area contributed by atoms with E-state index in [1.165, 1.54) is 6.07 Å². The lowest BCUT2D eigenvalue weighted by Crippen LogP contribution is -2.43. The van der Waals surface area contributed by atoms with E-state index in [9.17, 15) is 9.18 Å². The number of carbonyl (C=O) groups is 1. The van der Waals surface area contributed by atoms with Crippen LogP contribution >= 0.6 is 0 Å². The molecule has 0 aromatic heterocycles. The van der Waals surface area contributed by atoms with E-state index in [0.29, 0.717) is 6.61 Å². The fourth-order valence-corrected chi connectivity index (χ4v) is 3.03. The van der Waals surface area contributed by atoms with Crippen molar-refractivity contribution < 1.29 is 13.9 Å². The number of rotatable bonds is 2. The van der Waals surface area contributed by atoms with E-state index in [-0.39, 0.29) is 29.7 Å². The van der Waals surface area contributed by atoms with Crippen LogP contribution in [0.25, 0.3) is 0 Å². The fraction of sp³-hybridized carbons (Fsp3) is 0.400. The van der Waals surface area contributed by atoms with E-state index < -0.39 is 0 Å². The van der Waals surface area contributed by atoms with Crippen molar-refractivity contribution in [3.05, 3.63) is 41.7 Å². The normalized spacial score (nSPS) is 27.4. The monoisotopic (exact) mass is 261 g/mol. The molecule has 19 heavy (non-hydrogen) atoms. The van der Waals surface area contributed by atoms with Crippen molar-refractivity contribution in [1.82, 2.24) is 0 Å². The average molecular weight is 261 g/mol. The third-order valence-electron chi connectivity index (χ3n) is 3.87. The Morgan fingerprint density at radius 1 is 1.53 bits per heavy atom. The number of hydrogen-bond acceptors (Lipinski definition) is 3. The Bertz CT molecular complexity index is 541. The molecule has 1 N–H and O–H groups in total. The number of benzene rings is 1. The van der Waals surface area contributed by atoms with Crippen LogP contribution in [-0.4, -0.2) is 18.6 Å². The van der Waals surface area contributed by atoms with Crippen LogP contribution in [0.5, 0.6) is 0 Å². The summed E-state index contributed by atoms with van der Waals surface area (Å²) >= 11 is 0. The zero-order valence-corrected chi connectivity index (χ0v) is 10.7. The molecule has 1 aromatic carbocycles. The van der Waals surface area contributed by atoms with Crippen LogP contribution < -0.4 is 5.32 Å². The molecule has 3 nitrogen and oxygen atoms in total. The molecule has 1 aromatic rings. The van der Waals surface area contributed by atoms with Crippen molar-refractivity contribution in [3.8, 4) is 0 Å². The van der Waals surface area contributed by atoms with Crippen molar-refractivity contribution in [2.45, 2.75) is 25.3 Å². The molecule has 0 saturated carbocycles. The van der Waals surface area contributed by atoms with Gasteiger partial charge in [-0.15, -0.1) is 0 Å². The molecule has 0 fully saturated rings. The van der Waals surface area contributed by atoms with E-state index in [1.54, 1.807) is 19.1 Å². The first-order valence-electron chi connectivity index (χ1n) is 6.60. The second-order valence-corrected chi connectivity index (χ2v) is 4.96. The van der Waals surface area contributed by atoms with Gasteiger partial charge in [0.15, 0.2) is 0 Å². The van der Waals surface area contributed by atoms with Crippen LogP contribution in [0.4, 0.5) is 10.1 Å². The predicted molar refractivity (Wildman–Crippen MR) is 70.4 cm³/mol. The molecule has 0 saturated heterocycles. The number of fused-ring (bicyclic) bond motifs is 3. The molecule has 0 amide bonds. The number of esters is 1. The highest BCUT2D eigenvalue weighted by molar-refractivity contribution is 5.82. The summed E-state index contributed by atoms with van der Waals surface area (Å²) in [6.45, 7) is 2.17. The Balaban J connectivity index is 1.97. The number of ether oxygens (including phenoxy) is 1. The fourth-order valence-electron chi connectivity index (χ4n) is 3.03. The lowest BCUT2D eigenvalue weighted by Gasteiger charge is -2.35. The van der Waals surface area contributed by atoms with Gasteiger partial charge < -0.3 is 10.1 Å². The van der Waals surface area contributed by atoms with Crippen LogP contribution in [-0.2, 0) is 9.53 Å². The minimum atomic E-state index is -0.349. The summed E-state index contributed by atoms with van der Waals surface area (Å²) in [6, 6.07) is 4.31. The van der Waals surface area contributed by atoms with Crippen LogP contribution in [0, 0.1) is 11.7 Å². The van der Waals surface area contributed by atoms with E-state index in [0.717, 1.165) is 17.7 Å². The molecule has 2 aliphatic rings. The number of carbonyl (C=O) groups excluding carboxylic acids is 1. The Kier molecular flexibility index (Phi) is 3.01. The van der Waals surface area contributed by atoms with Gasteiger partial charge in [-0.2, -0.15) is 0 Å². The first-order valence-corrected chi connectivity index (χ1v) is 6.60. The van der Waals surface area contributed by atoms with E-state index >= 15 is 0 Å². The molecular formula is C15H16FNO2. The zero-order valence-electron chi connectivity index (χ0n) is 10.7. The molecule has 3 rings (SSSR count). The maximum Gasteiger partial charge on any atom is 0.328 e. The van der Waals surface area contributed by atoms with Crippen molar-refractivity contribution >= 4 is 11.7 Å². The smallest absolute Gasteiger partial charge is 0.328 e. The summed E-state index contributed by atoms with van der Waals surface area (Å²) in [4.78, 5) is 12.0. The number of hydrogen-bond donors (Lipinski definition) is 1. The summed E-state index contributed by atoms with van der Waals surface area (Å²) in [5.74, 6) is -0.250. The highest BCUT2D eigenvalue weighted by atomic mass is 19.1. The van der Waals surface area contributed by atoms with Gasteiger partial charge in [0, 0.05) is 17.5 Å². The molecule has 100 valence electrons. The van der Waals surface area contributed by atoms with Gasteiger partial charge >= 0.3 is 5.97 Å². The molecular weight excluding hydrogens is 245 g/mol. The van der Waals surface area contributed by atoms with Crippen molar-refractivity contribution in [3.63, 3.8) is 0 Å². The molecule has 0 unspecified atom stereocenters. The summed E-state index contributed by atoms with van der Waals surface area (Å²) in [7, 11) is 0. The molecule has 1 aliphatic heterocycles. The molecule has 0 bridgehead atoms. The summed E-state index contributed by atoms with van der Waals surface area (Å²) < 4.78 is 18.5. The van der Waals surface area contributed by atoms with Crippen LogP contribution in [0.2, 0.25) is 0 Å². The highest BCUT2D eigenvalue weighted by Gasteiger charge is 2.41. The van der Waals surface area contributed by atoms with Gasteiger partial charge in [0.2, 0.25) is 0 Å². The minimum absolute atomic E-state index is 0.0985. The van der Waals surface area contributed by atoms with Gasteiger partial charge in [0.25, 0.3) is 0 Å². The standard InChI is InChI=1S/C15H16FNO2/c1-2-19-15(18)14-11-5-3-4-10(11)12-8-9(16)6-7-13(12)17-14/h3-4,6-8,10-11,14,17H,2,5H2,1H3/t10-,11-,14-/m0/s1. The Morgan fingerprint density at radius 3 is 3.16 bits per heavy atom. The van der Waals surface area contributed by atoms with Gasteiger partial charge in [0.1, 0.15) is 11.9 Å². The Labute approximate surface area is 111 Å². The second-order valence-electron chi connectivity index (χ2n) is 4.96. The molecule has 0 radical (unpaired) electrons. The summed E-state index contributed by atoms with van der Waals surface area (Å²) in [5.41, 5.74) is 1.76. The van der Waals surface area contributed by atoms with Crippen molar-refractivity contribution in [1.29, 1.82) is 0 Å². The van der Waals surface area contributed by atoms with Gasteiger partial charge in [-0.05, 0) is 37.1 Å². The lowest BCUT2D eigenvalue weighted by molar-refractivity contribution is -0.145. The molecule has 4 heteroatoms. The number of nitrogens with one attached hydrogen (secondary N) is 1. The zero-order chi connectivity index (χ0) is 13.4. The number of halogens is 1. The summed E-state index contributed by atoms with van der Waals surface area (Å²) in [6.07, 6.45) is 4.94. The molecule has 1 heterocycles. The third kappa shape index (κ3) is 2.01. The van der Waals surface area contributed by atoms with Gasteiger partial charge in [0.05, 0.1) is 6.61 Å². The van der Waals surface area contributed by atoms with E-state index in [2.05, 4.69) is 17.5 Å². The van der Waals surface area contributed by atoms with Gasteiger partial charge in [-0.3, -0.25) is 0 Å². The minimum Gasteiger partial charge on any atom is -0.464 e. The SMILES string of the molecule is CCOC(=O)[C@H]1Nc2ccc(F)cc2[C@H]2C=CC[C@H]12. The first kappa shape index (κ1) is 12.2. The lowest BCUT2D eigenvalue weighted by atomic mass is 9.79. The van der Waals surface area contributed by atoms with Crippen molar-refractivity contribution in [2.75, 3.05) is 11.9 Å². The topological polar surface area (TPSA) is 38.3 Å². The molecule has 0 spiro atoms. The van der Waals surface area contributed by atoms with E-state index in [1.807, 2.05) is 0 Å². The summed E-state index contributed by atoms with van der Waals surface area (Å²) in [5, 5.41) is 3.20. The number of allylic oxidation sites excluding steroid dienone is 2. The van der Waals surface area contributed by atoms with Gasteiger partial charge in [-0.1, -0.05) is 12.2 Å². The number of anilines is 1. The van der Waals surface area contributed by atoms with Crippen LogP contribution in [0.3, 0.4) is 0 Å². The maximum absolute atomic E-state index is 13.4. The molecule has 1 aliphatic carbocycles.